The van der Waals surface area contributed by atoms with Crippen LogP contribution in [0.15, 0.2) is 18.2 Å². The molecule has 1 saturated heterocycles. The average molecular weight is 240 g/mol. The first-order valence-electron chi connectivity index (χ1n) is 5.17. The number of rotatable bonds is 1. The smallest absolute Gasteiger partial charge is 0.254 e. The lowest BCUT2D eigenvalue weighted by atomic mass is 9.95. The molecule has 16 heavy (non-hydrogen) atoms. The molecule has 1 aliphatic heterocycles. The largest absolute Gasteiger partial charge is 0.386 e. The number of nitrogens with zero attached hydrogens (tertiary/aromatic N) is 1. The van der Waals surface area contributed by atoms with E-state index >= 15 is 0 Å². The fourth-order valence-electron chi connectivity index (χ4n) is 1.93. The van der Waals surface area contributed by atoms with Crippen LogP contribution in [0.5, 0.6) is 0 Å². The van der Waals surface area contributed by atoms with Crippen molar-refractivity contribution < 1.29 is 9.90 Å². The number of β-amino-alcohol motifs (C(OH)–C–C–N with tert-alkyl or cyclic N) is 1. The summed E-state index contributed by atoms with van der Waals surface area (Å²) in [6.07, 6.45) is 0. The van der Waals surface area contributed by atoms with Crippen molar-refractivity contribution in [2.24, 2.45) is 0 Å². The van der Waals surface area contributed by atoms with Crippen LogP contribution in [-0.2, 0) is 0 Å². The van der Waals surface area contributed by atoms with E-state index in [-0.39, 0.29) is 5.91 Å². The monoisotopic (exact) mass is 239 g/mol. The molecule has 1 aliphatic rings. The molecule has 0 spiro atoms. The number of carbonyl (C=O) groups excluding carboxylic acids is 1. The molecule has 0 aliphatic carbocycles. The van der Waals surface area contributed by atoms with Gasteiger partial charge in [0.15, 0.2) is 0 Å². The van der Waals surface area contributed by atoms with Crippen molar-refractivity contribution in [3.63, 3.8) is 0 Å². The van der Waals surface area contributed by atoms with Crippen molar-refractivity contribution in [3.8, 4) is 0 Å². The van der Waals surface area contributed by atoms with Crippen LogP contribution in [0.2, 0.25) is 5.02 Å². The molecule has 1 N–H and O–H groups in total. The Balaban J connectivity index is 2.20. The number of hydrogen-bond donors (Lipinski definition) is 1. The lowest BCUT2D eigenvalue weighted by molar-refractivity contribution is -0.0669. The molecule has 86 valence electrons. The van der Waals surface area contributed by atoms with E-state index in [4.69, 9.17) is 11.6 Å². The molecule has 1 aromatic rings. The number of amides is 1. The number of likely N-dealkylation sites (tertiary alicyclic amines) is 1. The van der Waals surface area contributed by atoms with Crippen LogP contribution in [0.3, 0.4) is 0 Å². The topological polar surface area (TPSA) is 40.5 Å². The summed E-state index contributed by atoms with van der Waals surface area (Å²) < 4.78 is 0. The highest BCUT2D eigenvalue weighted by Crippen LogP contribution is 2.25. The Labute approximate surface area is 99.6 Å². The van der Waals surface area contributed by atoms with Crippen molar-refractivity contribution in [2.45, 2.75) is 19.4 Å². The summed E-state index contributed by atoms with van der Waals surface area (Å²) in [5.41, 5.74) is 0.672. The van der Waals surface area contributed by atoms with Crippen molar-refractivity contribution in [1.82, 2.24) is 4.90 Å². The highest BCUT2D eigenvalue weighted by Gasteiger charge is 2.39. The number of aliphatic hydroxyl groups is 1. The molecule has 1 amide bonds. The molecule has 0 atom stereocenters. The van der Waals surface area contributed by atoms with Gasteiger partial charge in [0.2, 0.25) is 0 Å². The van der Waals surface area contributed by atoms with Crippen LogP contribution >= 0.6 is 11.6 Å². The van der Waals surface area contributed by atoms with Crippen LogP contribution in [0.25, 0.3) is 0 Å². The van der Waals surface area contributed by atoms with Gasteiger partial charge in [-0.1, -0.05) is 17.7 Å². The summed E-state index contributed by atoms with van der Waals surface area (Å²) in [6.45, 7) is 4.32. The highest BCUT2D eigenvalue weighted by atomic mass is 35.5. The van der Waals surface area contributed by atoms with E-state index in [1.54, 1.807) is 30.0 Å². The lowest BCUT2D eigenvalue weighted by Crippen LogP contribution is -2.61. The van der Waals surface area contributed by atoms with Gasteiger partial charge in [0.25, 0.3) is 5.91 Å². The summed E-state index contributed by atoms with van der Waals surface area (Å²) in [5, 5.41) is 10.2. The maximum absolute atomic E-state index is 12.0. The Hall–Kier alpha value is -1.06. The summed E-state index contributed by atoms with van der Waals surface area (Å²) in [5.74, 6) is -0.0634. The van der Waals surface area contributed by atoms with Gasteiger partial charge in [-0.3, -0.25) is 4.79 Å². The predicted molar refractivity (Wildman–Crippen MR) is 62.7 cm³/mol. The van der Waals surface area contributed by atoms with Crippen molar-refractivity contribution in [3.05, 3.63) is 34.3 Å². The molecule has 2 rings (SSSR count). The number of benzene rings is 1. The van der Waals surface area contributed by atoms with Gasteiger partial charge in [-0.05, 0) is 31.5 Å². The molecular weight excluding hydrogens is 226 g/mol. The molecule has 4 heteroatoms. The molecule has 0 aromatic heterocycles. The summed E-state index contributed by atoms with van der Waals surface area (Å²) in [4.78, 5) is 13.7. The first kappa shape index (κ1) is 11.4. The molecule has 0 unspecified atom stereocenters. The van der Waals surface area contributed by atoms with E-state index in [9.17, 15) is 9.90 Å². The normalized spacial score (nSPS) is 18.1. The zero-order valence-electron chi connectivity index (χ0n) is 9.33. The van der Waals surface area contributed by atoms with Gasteiger partial charge < -0.3 is 10.0 Å². The molecule has 0 radical (unpaired) electrons. The van der Waals surface area contributed by atoms with Crippen LogP contribution in [0, 0.1) is 6.92 Å². The SMILES string of the molecule is Cc1c(Cl)cccc1C(=O)N1CC(C)(O)C1. The number of hydrogen-bond acceptors (Lipinski definition) is 2. The third kappa shape index (κ3) is 1.93. The number of halogens is 1. The van der Waals surface area contributed by atoms with Crippen molar-refractivity contribution >= 4 is 17.5 Å². The van der Waals surface area contributed by atoms with Gasteiger partial charge in [0, 0.05) is 10.6 Å². The van der Waals surface area contributed by atoms with E-state index in [2.05, 4.69) is 0 Å². The molecule has 0 saturated carbocycles. The van der Waals surface area contributed by atoms with E-state index in [0.29, 0.717) is 23.7 Å². The first-order chi connectivity index (χ1) is 7.41. The van der Waals surface area contributed by atoms with Crippen LogP contribution < -0.4 is 0 Å². The second-order valence-corrected chi connectivity index (χ2v) is 4.98. The lowest BCUT2D eigenvalue weighted by Gasteiger charge is -2.44. The standard InChI is InChI=1S/C12H14ClNO2/c1-8-9(4-3-5-10(8)13)11(15)14-6-12(2,16)7-14/h3-5,16H,6-7H2,1-2H3. The van der Waals surface area contributed by atoms with Crippen molar-refractivity contribution in [2.75, 3.05) is 13.1 Å². The van der Waals surface area contributed by atoms with E-state index in [1.807, 2.05) is 6.92 Å². The van der Waals surface area contributed by atoms with E-state index < -0.39 is 5.60 Å². The highest BCUT2D eigenvalue weighted by molar-refractivity contribution is 6.31. The predicted octanol–water partition coefficient (Wildman–Crippen LogP) is 1.86. The Morgan fingerprint density at radius 2 is 2.12 bits per heavy atom. The first-order valence-corrected chi connectivity index (χ1v) is 5.55. The Morgan fingerprint density at radius 1 is 1.50 bits per heavy atom. The molecule has 3 nitrogen and oxygen atoms in total. The second-order valence-electron chi connectivity index (χ2n) is 4.57. The third-order valence-electron chi connectivity index (χ3n) is 2.85. The Bertz CT molecular complexity index is 435. The zero-order chi connectivity index (χ0) is 11.9. The molecule has 1 aromatic carbocycles. The van der Waals surface area contributed by atoms with E-state index in [0.717, 1.165) is 5.56 Å². The Kier molecular flexibility index (Phi) is 2.68. The number of carbonyl (C=O) groups is 1. The minimum Gasteiger partial charge on any atom is -0.386 e. The van der Waals surface area contributed by atoms with Crippen LogP contribution in [-0.4, -0.2) is 34.6 Å². The van der Waals surface area contributed by atoms with Gasteiger partial charge in [-0.25, -0.2) is 0 Å². The van der Waals surface area contributed by atoms with Gasteiger partial charge in [0.05, 0.1) is 18.7 Å². The molecule has 0 bridgehead atoms. The minimum absolute atomic E-state index is 0.0634. The van der Waals surface area contributed by atoms with Gasteiger partial charge >= 0.3 is 0 Å². The minimum atomic E-state index is -0.734. The van der Waals surface area contributed by atoms with Gasteiger partial charge in [0.1, 0.15) is 0 Å². The van der Waals surface area contributed by atoms with Crippen molar-refractivity contribution in [1.29, 1.82) is 0 Å². The Morgan fingerprint density at radius 3 is 2.69 bits per heavy atom. The van der Waals surface area contributed by atoms with E-state index in [1.165, 1.54) is 0 Å². The molecule has 1 fully saturated rings. The van der Waals surface area contributed by atoms with Gasteiger partial charge in [-0.15, -0.1) is 0 Å². The summed E-state index contributed by atoms with van der Waals surface area (Å²) in [6, 6.07) is 5.29. The summed E-state index contributed by atoms with van der Waals surface area (Å²) >= 11 is 5.96. The zero-order valence-corrected chi connectivity index (χ0v) is 10.1. The third-order valence-corrected chi connectivity index (χ3v) is 3.26. The maximum atomic E-state index is 12.0. The quantitative estimate of drug-likeness (QED) is 0.813. The van der Waals surface area contributed by atoms with Gasteiger partial charge in [-0.2, -0.15) is 0 Å². The maximum Gasteiger partial charge on any atom is 0.254 e. The molecular formula is C12H14ClNO2. The second kappa shape index (κ2) is 3.75. The van der Waals surface area contributed by atoms with Crippen LogP contribution in [0.4, 0.5) is 0 Å². The average Bonchev–Trinajstić information content (AvgIpc) is 2.17. The molecule has 1 heterocycles. The fourth-order valence-corrected chi connectivity index (χ4v) is 2.10. The fraction of sp³-hybridized carbons (Fsp3) is 0.417. The summed E-state index contributed by atoms with van der Waals surface area (Å²) in [7, 11) is 0. The van der Waals surface area contributed by atoms with Crippen LogP contribution in [0.1, 0.15) is 22.8 Å².